The molecule has 8 heteroatoms. The molecule has 0 radical (unpaired) electrons. The number of halogens is 2. The number of benzene rings is 2. The lowest BCUT2D eigenvalue weighted by Gasteiger charge is -2.17. The topological polar surface area (TPSA) is 76.7 Å². The maximum absolute atomic E-state index is 11.8. The van der Waals surface area contributed by atoms with Crippen LogP contribution in [0.1, 0.15) is 12.0 Å². The molecule has 3 rings (SSSR count). The summed E-state index contributed by atoms with van der Waals surface area (Å²) in [5, 5.41) is 6.38. The zero-order chi connectivity index (χ0) is 19.2. The van der Waals surface area contributed by atoms with Gasteiger partial charge in [-0.15, -0.1) is 0 Å². The van der Waals surface area contributed by atoms with Crippen LogP contribution in [0.5, 0.6) is 11.5 Å². The van der Waals surface area contributed by atoms with Crippen LogP contribution >= 0.6 is 23.2 Å². The van der Waals surface area contributed by atoms with Gasteiger partial charge in [0, 0.05) is 17.1 Å². The van der Waals surface area contributed by atoms with Crippen LogP contribution in [0.25, 0.3) is 0 Å². The molecule has 2 N–H and O–H groups in total. The molecule has 0 aliphatic carbocycles. The van der Waals surface area contributed by atoms with E-state index in [4.69, 9.17) is 32.7 Å². The number of hydrogen-bond acceptors (Lipinski definition) is 4. The highest BCUT2D eigenvalue weighted by Gasteiger charge is 2.15. The summed E-state index contributed by atoms with van der Waals surface area (Å²) < 4.78 is 11.0. The number of carbonyl (C=O) groups excluding carboxylic acids is 2. The van der Waals surface area contributed by atoms with E-state index in [1.54, 1.807) is 24.3 Å². The van der Waals surface area contributed by atoms with Crippen LogP contribution in [0.3, 0.4) is 0 Å². The Labute approximate surface area is 166 Å². The molecule has 0 atom stereocenters. The molecule has 0 saturated carbocycles. The van der Waals surface area contributed by atoms with Gasteiger partial charge in [0.2, 0.25) is 5.91 Å². The Morgan fingerprint density at radius 1 is 1.11 bits per heavy atom. The number of rotatable bonds is 7. The van der Waals surface area contributed by atoms with E-state index < -0.39 is 0 Å². The molecule has 1 aliphatic heterocycles. The first-order valence-corrected chi connectivity index (χ1v) is 9.17. The highest BCUT2D eigenvalue weighted by atomic mass is 35.5. The summed E-state index contributed by atoms with van der Waals surface area (Å²) in [6.07, 6.45) is 1.17. The predicted octanol–water partition coefficient (Wildman–Crippen LogP) is 3.45. The Kier molecular flexibility index (Phi) is 6.42. The fourth-order valence-corrected chi connectivity index (χ4v) is 3.06. The first-order valence-electron chi connectivity index (χ1n) is 8.41. The van der Waals surface area contributed by atoms with Crippen molar-refractivity contribution < 1.29 is 19.1 Å². The Bertz CT molecular complexity index is 858. The molecule has 0 saturated heterocycles. The number of nitrogens with one attached hydrogen (secondary N) is 2. The van der Waals surface area contributed by atoms with Gasteiger partial charge in [0.1, 0.15) is 18.1 Å². The third kappa shape index (κ3) is 5.52. The molecule has 1 heterocycles. The maximum atomic E-state index is 11.8. The molecule has 2 aromatic carbocycles. The van der Waals surface area contributed by atoms with Crippen LogP contribution in [-0.4, -0.2) is 31.6 Å². The van der Waals surface area contributed by atoms with Gasteiger partial charge in [-0.25, -0.2) is 0 Å². The number of aryl methyl sites for hydroxylation is 1. The Morgan fingerprint density at radius 2 is 1.96 bits per heavy atom. The van der Waals surface area contributed by atoms with Crippen LogP contribution in [0.4, 0.5) is 5.69 Å². The largest absolute Gasteiger partial charge is 0.492 e. The van der Waals surface area contributed by atoms with Crippen LogP contribution < -0.4 is 20.1 Å². The number of carbonyl (C=O) groups is 2. The van der Waals surface area contributed by atoms with Crippen molar-refractivity contribution in [2.75, 3.05) is 25.1 Å². The lowest BCUT2D eigenvalue weighted by Crippen LogP contribution is -2.32. The molecule has 2 amide bonds. The van der Waals surface area contributed by atoms with E-state index in [1.807, 2.05) is 12.1 Å². The van der Waals surface area contributed by atoms with E-state index in [1.165, 1.54) is 0 Å². The van der Waals surface area contributed by atoms with Crippen molar-refractivity contribution >= 4 is 40.7 Å². The molecule has 142 valence electrons. The lowest BCUT2D eigenvalue weighted by molar-refractivity contribution is -0.123. The fraction of sp³-hybridized carbons (Fsp3) is 0.263. The Morgan fingerprint density at radius 3 is 2.78 bits per heavy atom. The molecule has 0 unspecified atom stereocenters. The lowest BCUT2D eigenvalue weighted by atomic mass is 10.0. The van der Waals surface area contributed by atoms with Crippen LogP contribution in [0.15, 0.2) is 36.4 Å². The minimum atomic E-state index is -0.280. The van der Waals surface area contributed by atoms with Crippen LogP contribution in [0.2, 0.25) is 10.0 Å². The predicted molar refractivity (Wildman–Crippen MR) is 104 cm³/mol. The van der Waals surface area contributed by atoms with E-state index in [0.29, 0.717) is 47.5 Å². The minimum Gasteiger partial charge on any atom is -0.492 e. The number of anilines is 1. The summed E-state index contributed by atoms with van der Waals surface area (Å²) in [6.45, 7) is 0.503. The Balaban J connectivity index is 1.38. The average Bonchev–Trinajstić information content (AvgIpc) is 2.64. The first kappa shape index (κ1) is 19.3. The number of ether oxygens (including phenoxy) is 2. The molecular formula is C19H18Cl2N2O4. The Hall–Kier alpha value is -2.44. The number of fused-ring (bicyclic) bond motifs is 1. The van der Waals surface area contributed by atoms with Crippen LogP contribution in [0, 0.1) is 0 Å². The van der Waals surface area contributed by atoms with Gasteiger partial charge in [-0.05, 0) is 48.4 Å². The SMILES string of the molecule is O=C(COc1ccc(Cl)cc1Cl)NCCOc1ccc2c(c1)CCC(=O)N2. The van der Waals surface area contributed by atoms with E-state index >= 15 is 0 Å². The van der Waals surface area contributed by atoms with Crippen molar-refractivity contribution in [2.45, 2.75) is 12.8 Å². The van der Waals surface area contributed by atoms with E-state index in [9.17, 15) is 9.59 Å². The summed E-state index contributed by atoms with van der Waals surface area (Å²) in [4.78, 5) is 23.2. The molecule has 2 aromatic rings. The van der Waals surface area contributed by atoms with Crippen molar-refractivity contribution in [3.05, 3.63) is 52.0 Å². The second-order valence-electron chi connectivity index (χ2n) is 5.93. The maximum Gasteiger partial charge on any atom is 0.258 e. The third-order valence-electron chi connectivity index (χ3n) is 3.92. The van der Waals surface area contributed by atoms with E-state index in [2.05, 4.69) is 10.6 Å². The number of hydrogen-bond donors (Lipinski definition) is 2. The molecule has 27 heavy (non-hydrogen) atoms. The molecule has 0 spiro atoms. The van der Waals surface area contributed by atoms with E-state index in [0.717, 1.165) is 11.3 Å². The van der Waals surface area contributed by atoms with Crippen molar-refractivity contribution in [2.24, 2.45) is 0 Å². The molecular weight excluding hydrogens is 391 g/mol. The minimum absolute atomic E-state index is 0.0287. The second-order valence-corrected chi connectivity index (χ2v) is 6.77. The normalized spacial score (nSPS) is 12.7. The van der Waals surface area contributed by atoms with Gasteiger partial charge in [-0.2, -0.15) is 0 Å². The van der Waals surface area contributed by atoms with Gasteiger partial charge < -0.3 is 20.1 Å². The standard InChI is InChI=1S/C19H18Cl2N2O4/c20-13-2-5-17(15(21)10-13)27-11-19(25)22-7-8-26-14-3-4-16-12(9-14)1-6-18(24)23-16/h2-5,9-10H,1,6-8,11H2,(H,22,25)(H,23,24). The van der Waals surface area contributed by atoms with Gasteiger partial charge in [0.05, 0.1) is 11.6 Å². The fourth-order valence-electron chi connectivity index (χ4n) is 2.60. The zero-order valence-electron chi connectivity index (χ0n) is 14.4. The summed E-state index contributed by atoms with van der Waals surface area (Å²) >= 11 is 11.8. The smallest absolute Gasteiger partial charge is 0.258 e. The second kappa shape index (κ2) is 8.97. The molecule has 0 aromatic heterocycles. The molecule has 0 fully saturated rings. The number of amides is 2. The van der Waals surface area contributed by atoms with Crippen molar-refractivity contribution in [3.63, 3.8) is 0 Å². The summed E-state index contributed by atoms with van der Waals surface area (Å²) in [5.74, 6) is 0.843. The average molecular weight is 409 g/mol. The van der Waals surface area contributed by atoms with Gasteiger partial charge in [-0.3, -0.25) is 9.59 Å². The zero-order valence-corrected chi connectivity index (χ0v) is 15.9. The monoisotopic (exact) mass is 408 g/mol. The highest BCUT2D eigenvalue weighted by molar-refractivity contribution is 6.35. The molecule has 1 aliphatic rings. The van der Waals surface area contributed by atoms with Crippen molar-refractivity contribution in [3.8, 4) is 11.5 Å². The third-order valence-corrected chi connectivity index (χ3v) is 4.45. The van der Waals surface area contributed by atoms with Gasteiger partial charge >= 0.3 is 0 Å². The molecule has 0 bridgehead atoms. The van der Waals surface area contributed by atoms with Crippen LogP contribution in [-0.2, 0) is 16.0 Å². The quantitative estimate of drug-likeness (QED) is 0.687. The van der Waals surface area contributed by atoms with Gasteiger partial charge in [0.25, 0.3) is 5.91 Å². The van der Waals surface area contributed by atoms with Gasteiger partial charge in [0.15, 0.2) is 6.61 Å². The molecule has 6 nitrogen and oxygen atoms in total. The van der Waals surface area contributed by atoms with Gasteiger partial charge in [-0.1, -0.05) is 23.2 Å². The van der Waals surface area contributed by atoms with Crippen molar-refractivity contribution in [1.82, 2.24) is 5.32 Å². The van der Waals surface area contributed by atoms with E-state index in [-0.39, 0.29) is 18.4 Å². The summed E-state index contributed by atoms with van der Waals surface area (Å²) in [6, 6.07) is 10.3. The first-order chi connectivity index (χ1) is 13.0. The summed E-state index contributed by atoms with van der Waals surface area (Å²) in [7, 11) is 0. The summed E-state index contributed by atoms with van der Waals surface area (Å²) in [5.41, 5.74) is 1.87. The van der Waals surface area contributed by atoms with Crippen molar-refractivity contribution in [1.29, 1.82) is 0 Å². The highest BCUT2D eigenvalue weighted by Crippen LogP contribution is 2.28.